The Bertz CT molecular complexity index is 784. The van der Waals surface area contributed by atoms with Gasteiger partial charge in [0.2, 0.25) is 0 Å². The van der Waals surface area contributed by atoms with Gasteiger partial charge in [0.05, 0.1) is 7.11 Å². The second-order valence-corrected chi connectivity index (χ2v) is 13.6. The molecule has 0 bridgehead atoms. The molecule has 30 heavy (non-hydrogen) atoms. The van der Waals surface area contributed by atoms with Gasteiger partial charge in [0.1, 0.15) is 5.75 Å². The van der Waals surface area contributed by atoms with Crippen LogP contribution in [0.2, 0.25) is 0 Å². The van der Waals surface area contributed by atoms with Gasteiger partial charge in [-0.15, -0.1) is 47.3 Å². The molecular formula is C22H28BBr3N2O2. The minimum absolute atomic E-state index is 0.105. The molecule has 0 radical (unpaired) electrons. The zero-order valence-corrected chi connectivity index (χ0v) is 22.2. The lowest BCUT2D eigenvalue weighted by atomic mass is 9.99. The van der Waals surface area contributed by atoms with E-state index < -0.39 is 0 Å². The molecule has 1 amide bonds. The number of rotatable bonds is 3. The highest BCUT2D eigenvalue weighted by atomic mass is 79.9. The van der Waals surface area contributed by atoms with Gasteiger partial charge in [-0.3, -0.25) is 9.69 Å². The second-order valence-electron chi connectivity index (χ2n) is 7.22. The maximum atomic E-state index is 11.7. The van der Waals surface area contributed by atoms with Crippen LogP contribution in [0.5, 0.6) is 5.75 Å². The van der Waals surface area contributed by atoms with Crippen LogP contribution in [0.4, 0.5) is 0 Å². The van der Waals surface area contributed by atoms with Crippen molar-refractivity contribution in [3.05, 3.63) is 65.2 Å². The smallest absolute Gasteiger partial charge is 0.369 e. The van der Waals surface area contributed by atoms with E-state index in [9.17, 15) is 4.79 Å². The summed E-state index contributed by atoms with van der Waals surface area (Å²) < 4.78 is 5.39. The Hall–Kier alpha value is -0.825. The summed E-state index contributed by atoms with van der Waals surface area (Å²) in [4.78, 5) is 16.0. The Balaban J connectivity index is 0.000000183. The third-order valence-corrected chi connectivity index (χ3v) is 5.05. The quantitative estimate of drug-likeness (QED) is 0.419. The van der Waals surface area contributed by atoms with Crippen LogP contribution < -0.4 is 4.74 Å². The molecule has 2 heterocycles. The van der Waals surface area contributed by atoms with E-state index in [1.54, 1.807) is 12.0 Å². The molecule has 8 heteroatoms. The fraction of sp³-hybridized carbons (Fsp3) is 0.409. The number of methoxy groups -OCH3 is 1. The number of ether oxygens (including phenoxy) is 1. The third-order valence-electron chi connectivity index (χ3n) is 5.05. The van der Waals surface area contributed by atoms with Crippen molar-refractivity contribution in [3.8, 4) is 5.75 Å². The monoisotopic (exact) mass is 600 g/mol. The van der Waals surface area contributed by atoms with Crippen molar-refractivity contribution in [3.63, 3.8) is 0 Å². The first kappa shape index (κ1) is 25.4. The van der Waals surface area contributed by atoms with Crippen LogP contribution in [-0.4, -0.2) is 52.7 Å². The van der Waals surface area contributed by atoms with Gasteiger partial charge < -0.3 is 9.64 Å². The highest BCUT2D eigenvalue weighted by Crippen LogP contribution is 2.22. The van der Waals surface area contributed by atoms with E-state index in [0.717, 1.165) is 36.4 Å². The van der Waals surface area contributed by atoms with E-state index in [1.165, 1.54) is 31.5 Å². The maximum Gasteiger partial charge on any atom is 0.369 e. The molecule has 162 valence electrons. The average Bonchev–Trinajstić information content (AvgIpc) is 3.24. The fourth-order valence-electron chi connectivity index (χ4n) is 3.49. The molecule has 0 aromatic heterocycles. The molecule has 0 N–H and O–H groups in total. The van der Waals surface area contributed by atoms with Crippen LogP contribution in [0.1, 0.15) is 34.3 Å². The van der Waals surface area contributed by atoms with Crippen molar-refractivity contribution in [1.82, 2.24) is 9.80 Å². The minimum Gasteiger partial charge on any atom is -0.497 e. The van der Waals surface area contributed by atoms with E-state index >= 15 is 0 Å². The van der Waals surface area contributed by atoms with E-state index in [0.29, 0.717) is 0 Å². The SMILES string of the molecule is BrB(Br)Br.COc1ccc2c(c1)CCN(C)C2=O.c1ccc(CN2CCCC2)cc1. The first-order chi connectivity index (χ1) is 14.4. The topological polar surface area (TPSA) is 32.8 Å². The number of benzene rings is 2. The number of carbonyl (C=O) groups excluding carboxylic acids is 1. The zero-order chi connectivity index (χ0) is 21.9. The number of hydrogen-bond donors (Lipinski definition) is 0. The number of amides is 1. The van der Waals surface area contributed by atoms with E-state index in [1.807, 2.05) is 25.2 Å². The number of carbonyl (C=O) groups is 1. The minimum atomic E-state index is 0.105. The molecule has 0 saturated carbocycles. The molecule has 2 aromatic carbocycles. The van der Waals surface area contributed by atoms with Crippen LogP contribution >= 0.6 is 47.3 Å². The number of fused-ring (bicyclic) bond motifs is 1. The lowest BCUT2D eigenvalue weighted by molar-refractivity contribution is 0.0781. The molecule has 1 fully saturated rings. The average molecular weight is 603 g/mol. The van der Waals surface area contributed by atoms with Crippen molar-refractivity contribution in [2.75, 3.05) is 33.8 Å². The summed E-state index contributed by atoms with van der Waals surface area (Å²) >= 11 is 9.31. The van der Waals surface area contributed by atoms with Crippen LogP contribution in [0.25, 0.3) is 0 Å². The molecule has 0 atom stereocenters. The highest BCUT2D eigenvalue weighted by molar-refractivity contribution is 9.69. The third kappa shape index (κ3) is 8.73. The number of nitrogens with zero attached hydrogens (tertiary/aromatic N) is 2. The lowest BCUT2D eigenvalue weighted by Gasteiger charge is -2.24. The largest absolute Gasteiger partial charge is 0.497 e. The summed E-state index contributed by atoms with van der Waals surface area (Å²) in [5, 5.41) is 0. The normalized spacial score (nSPS) is 15.4. The Morgan fingerprint density at radius 2 is 1.63 bits per heavy atom. The second kappa shape index (κ2) is 13.6. The molecule has 0 unspecified atom stereocenters. The molecule has 4 nitrogen and oxygen atoms in total. The van der Waals surface area contributed by atoms with Crippen LogP contribution in [0.15, 0.2) is 48.5 Å². The van der Waals surface area contributed by atoms with Crippen molar-refractivity contribution >= 4 is 56.4 Å². The Morgan fingerprint density at radius 3 is 2.23 bits per heavy atom. The standard InChI is InChI=1S/C11H13NO2.C11H15N.BBr3/c1-12-6-5-8-7-9(14-2)3-4-10(8)11(12)13;1-2-6-11(7-3-1)10-12-8-4-5-9-12;2-1(3)4/h3-4,7H,5-6H2,1-2H3;1-3,6-7H,4-5,8-10H2;. The van der Waals surface area contributed by atoms with Gasteiger partial charge in [-0.1, -0.05) is 30.3 Å². The highest BCUT2D eigenvalue weighted by Gasteiger charge is 2.21. The predicted octanol–water partition coefficient (Wildman–Crippen LogP) is 5.76. The molecule has 0 spiro atoms. The number of likely N-dealkylation sites (tertiary alicyclic amines) is 1. The van der Waals surface area contributed by atoms with Gasteiger partial charge in [0.15, 0.2) is 0 Å². The lowest BCUT2D eigenvalue weighted by Crippen LogP contribution is -2.34. The molecule has 2 aliphatic rings. The van der Waals surface area contributed by atoms with Crippen molar-refractivity contribution in [2.24, 2.45) is 0 Å². The maximum absolute atomic E-state index is 11.7. The molecule has 0 aliphatic carbocycles. The summed E-state index contributed by atoms with van der Waals surface area (Å²) in [5.74, 6) is 0.926. The molecule has 4 rings (SSSR count). The van der Waals surface area contributed by atoms with Gasteiger partial charge in [0, 0.05) is 25.7 Å². The number of hydrogen-bond acceptors (Lipinski definition) is 3. The summed E-state index contributed by atoms with van der Waals surface area (Å²) in [6.45, 7) is 4.50. The van der Waals surface area contributed by atoms with E-state index in [4.69, 9.17) is 4.74 Å². The zero-order valence-electron chi connectivity index (χ0n) is 17.5. The van der Waals surface area contributed by atoms with Gasteiger partial charge in [-0.2, -0.15) is 0 Å². The number of likely N-dealkylation sites (N-methyl/N-ethyl adjacent to an activating group) is 1. The first-order valence-electron chi connectivity index (χ1n) is 10.0. The Morgan fingerprint density at radius 1 is 1.00 bits per heavy atom. The fourth-order valence-corrected chi connectivity index (χ4v) is 3.49. The van der Waals surface area contributed by atoms with Gasteiger partial charge in [-0.05, 0) is 61.7 Å². The Kier molecular flexibility index (Phi) is 11.5. The van der Waals surface area contributed by atoms with Crippen molar-refractivity contribution in [2.45, 2.75) is 25.8 Å². The summed E-state index contributed by atoms with van der Waals surface area (Å²) in [5.41, 5.74) is 3.34. The van der Waals surface area contributed by atoms with Crippen LogP contribution in [0, 0.1) is 0 Å². The van der Waals surface area contributed by atoms with E-state index in [2.05, 4.69) is 82.5 Å². The van der Waals surface area contributed by atoms with Gasteiger partial charge in [0.25, 0.3) is 5.91 Å². The molecule has 1 saturated heterocycles. The Labute approximate surface area is 205 Å². The molecular weight excluding hydrogens is 575 g/mol. The predicted molar refractivity (Wildman–Crippen MR) is 137 cm³/mol. The molecule has 2 aromatic rings. The van der Waals surface area contributed by atoms with Crippen LogP contribution in [-0.2, 0) is 13.0 Å². The van der Waals surface area contributed by atoms with Crippen LogP contribution in [0.3, 0.4) is 0 Å². The van der Waals surface area contributed by atoms with E-state index in [-0.39, 0.29) is 9.09 Å². The van der Waals surface area contributed by atoms with Gasteiger partial charge in [-0.25, -0.2) is 0 Å². The van der Waals surface area contributed by atoms with Gasteiger partial charge >= 0.3 is 3.18 Å². The molecule has 2 aliphatic heterocycles. The first-order valence-corrected chi connectivity index (χ1v) is 12.8. The van der Waals surface area contributed by atoms with Crippen molar-refractivity contribution in [1.29, 1.82) is 0 Å². The summed E-state index contributed by atoms with van der Waals surface area (Å²) in [6, 6.07) is 16.3. The number of halogens is 3. The summed E-state index contributed by atoms with van der Waals surface area (Å²) in [7, 11) is 3.47. The summed E-state index contributed by atoms with van der Waals surface area (Å²) in [6.07, 6.45) is 3.68. The van der Waals surface area contributed by atoms with Crippen molar-refractivity contribution < 1.29 is 9.53 Å².